The first kappa shape index (κ1) is 17.3. The van der Waals surface area contributed by atoms with Crippen LogP contribution in [0.4, 0.5) is 5.69 Å². The summed E-state index contributed by atoms with van der Waals surface area (Å²) in [5, 5.41) is 3.42. The maximum Gasteiger partial charge on any atom is 0.264 e. The Morgan fingerprint density at radius 2 is 1.88 bits per heavy atom. The number of nitrogens with one attached hydrogen (secondary N) is 1. The van der Waals surface area contributed by atoms with E-state index in [-0.39, 0.29) is 5.91 Å². The monoisotopic (exact) mass is 352 g/mol. The summed E-state index contributed by atoms with van der Waals surface area (Å²) in [7, 11) is 0. The third kappa shape index (κ3) is 4.31. The summed E-state index contributed by atoms with van der Waals surface area (Å²) >= 11 is 1.35. The Balaban J connectivity index is 1.77. The van der Waals surface area contributed by atoms with Gasteiger partial charge in [0, 0.05) is 0 Å². The van der Waals surface area contributed by atoms with Gasteiger partial charge in [-0.05, 0) is 79.6 Å². The number of aryl methyl sites for hydroxylation is 2. The maximum atomic E-state index is 12.2. The van der Waals surface area contributed by atoms with Crippen molar-refractivity contribution in [2.75, 3.05) is 6.61 Å². The number of carbonyl (C=O) groups is 1. The lowest BCUT2D eigenvalue weighted by Gasteiger charge is -2.02. The number of rotatable bonds is 4. The van der Waals surface area contributed by atoms with Crippen molar-refractivity contribution in [1.82, 2.24) is 5.32 Å². The highest BCUT2D eigenvalue weighted by Gasteiger charge is 2.23. The van der Waals surface area contributed by atoms with Gasteiger partial charge < -0.3 is 10.1 Å². The van der Waals surface area contributed by atoms with Crippen molar-refractivity contribution in [2.45, 2.75) is 20.8 Å². The molecule has 5 heteroatoms. The highest BCUT2D eigenvalue weighted by Crippen LogP contribution is 2.29. The number of ether oxygens (including phenoxy) is 1. The van der Waals surface area contributed by atoms with E-state index in [4.69, 9.17) is 4.74 Å². The lowest BCUT2D eigenvalue weighted by molar-refractivity contribution is -0.115. The van der Waals surface area contributed by atoms with Gasteiger partial charge in [0.05, 0.1) is 17.2 Å². The summed E-state index contributed by atoms with van der Waals surface area (Å²) in [4.78, 5) is 17.3. The molecule has 0 aromatic heterocycles. The van der Waals surface area contributed by atoms with Crippen molar-refractivity contribution in [3.8, 4) is 5.75 Å². The molecule has 0 saturated carbocycles. The van der Waals surface area contributed by atoms with Crippen molar-refractivity contribution in [1.29, 1.82) is 0 Å². The third-order valence-corrected chi connectivity index (χ3v) is 4.77. The predicted molar refractivity (Wildman–Crippen MR) is 104 cm³/mol. The van der Waals surface area contributed by atoms with Crippen LogP contribution in [0.2, 0.25) is 0 Å². The number of aliphatic imine (C=N–C) groups is 1. The van der Waals surface area contributed by atoms with Gasteiger partial charge in [-0.15, -0.1) is 0 Å². The molecule has 0 unspecified atom stereocenters. The second-order valence-electron chi connectivity index (χ2n) is 5.75. The summed E-state index contributed by atoms with van der Waals surface area (Å²) in [6.07, 6.45) is 1.86. The fraction of sp³-hybridized carbons (Fsp3) is 0.200. The Morgan fingerprint density at radius 3 is 2.56 bits per heavy atom. The van der Waals surface area contributed by atoms with Crippen molar-refractivity contribution < 1.29 is 9.53 Å². The number of hydrogen-bond donors (Lipinski definition) is 1. The first-order chi connectivity index (χ1) is 12.0. The van der Waals surface area contributed by atoms with Gasteiger partial charge in [-0.25, -0.2) is 4.99 Å². The molecule has 0 aliphatic carbocycles. The van der Waals surface area contributed by atoms with Crippen LogP contribution < -0.4 is 10.1 Å². The van der Waals surface area contributed by atoms with E-state index in [1.54, 1.807) is 0 Å². The molecule has 0 radical (unpaired) electrons. The van der Waals surface area contributed by atoms with Gasteiger partial charge in [0.1, 0.15) is 5.75 Å². The van der Waals surface area contributed by atoms with Crippen LogP contribution in [0.5, 0.6) is 5.75 Å². The summed E-state index contributed by atoms with van der Waals surface area (Å²) in [5.41, 5.74) is 4.20. The molecule has 1 aliphatic heterocycles. The lowest BCUT2D eigenvalue weighted by atomic mass is 10.1. The van der Waals surface area contributed by atoms with Crippen molar-refractivity contribution in [3.63, 3.8) is 0 Å². The molecule has 1 saturated heterocycles. The third-order valence-electron chi connectivity index (χ3n) is 3.86. The second-order valence-corrected chi connectivity index (χ2v) is 6.78. The number of amides is 1. The van der Waals surface area contributed by atoms with Gasteiger partial charge in [0.15, 0.2) is 5.17 Å². The standard InChI is InChI=1S/C20H20N2O2S/c1-4-24-17-9-6-15(7-10-17)12-18-19(23)22-20(25-18)21-16-8-5-13(2)14(3)11-16/h5-12H,4H2,1-3H3,(H,21,22,23)/b18-12-. The molecule has 0 atom stereocenters. The number of amidine groups is 1. The predicted octanol–water partition coefficient (Wildman–Crippen LogP) is 4.59. The Hall–Kier alpha value is -2.53. The minimum Gasteiger partial charge on any atom is -0.494 e. The van der Waals surface area contributed by atoms with Crippen molar-refractivity contribution in [2.24, 2.45) is 4.99 Å². The van der Waals surface area contributed by atoms with Gasteiger partial charge in [-0.1, -0.05) is 18.2 Å². The molecular formula is C20H20N2O2S. The molecular weight excluding hydrogens is 332 g/mol. The van der Waals surface area contributed by atoms with E-state index in [1.807, 2.05) is 55.5 Å². The van der Waals surface area contributed by atoms with E-state index >= 15 is 0 Å². The van der Waals surface area contributed by atoms with Crippen LogP contribution in [0.3, 0.4) is 0 Å². The molecule has 128 valence electrons. The van der Waals surface area contributed by atoms with Gasteiger partial charge in [0.25, 0.3) is 5.91 Å². The fourth-order valence-electron chi connectivity index (χ4n) is 2.37. The number of nitrogens with zero attached hydrogens (tertiary/aromatic N) is 1. The zero-order chi connectivity index (χ0) is 17.8. The molecule has 0 bridgehead atoms. The molecule has 0 spiro atoms. The summed E-state index contributed by atoms with van der Waals surface area (Å²) in [5.74, 6) is 0.701. The summed E-state index contributed by atoms with van der Waals surface area (Å²) in [6, 6.07) is 13.7. The van der Waals surface area contributed by atoms with E-state index in [0.717, 1.165) is 17.0 Å². The summed E-state index contributed by atoms with van der Waals surface area (Å²) in [6.45, 7) is 6.70. The maximum absolute atomic E-state index is 12.2. The Kier molecular flexibility index (Phi) is 5.24. The van der Waals surface area contributed by atoms with Crippen LogP contribution in [0.1, 0.15) is 23.6 Å². The molecule has 1 heterocycles. The second kappa shape index (κ2) is 7.57. The quantitative estimate of drug-likeness (QED) is 0.819. The van der Waals surface area contributed by atoms with E-state index in [9.17, 15) is 4.79 Å². The average molecular weight is 352 g/mol. The van der Waals surface area contributed by atoms with Crippen LogP contribution in [0.15, 0.2) is 52.4 Å². The van der Waals surface area contributed by atoms with E-state index < -0.39 is 0 Å². The number of benzene rings is 2. The minimum atomic E-state index is -0.124. The van der Waals surface area contributed by atoms with Gasteiger partial charge in [0.2, 0.25) is 0 Å². The first-order valence-corrected chi connectivity index (χ1v) is 8.96. The largest absolute Gasteiger partial charge is 0.494 e. The Morgan fingerprint density at radius 1 is 1.12 bits per heavy atom. The lowest BCUT2D eigenvalue weighted by Crippen LogP contribution is -2.19. The normalized spacial score (nSPS) is 17.2. The fourth-order valence-corrected chi connectivity index (χ4v) is 3.21. The highest BCUT2D eigenvalue weighted by molar-refractivity contribution is 8.18. The Bertz CT molecular complexity index is 854. The van der Waals surface area contributed by atoms with Crippen LogP contribution in [0, 0.1) is 13.8 Å². The van der Waals surface area contributed by atoms with Crippen LogP contribution in [-0.4, -0.2) is 17.7 Å². The minimum absolute atomic E-state index is 0.124. The van der Waals surface area contributed by atoms with Crippen molar-refractivity contribution >= 4 is 34.6 Å². The first-order valence-electron chi connectivity index (χ1n) is 8.15. The molecule has 2 aromatic rings. The zero-order valence-corrected chi connectivity index (χ0v) is 15.3. The average Bonchev–Trinajstić information content (AvgIpc) is 2.92. The van der Waals surface area contributed by atoms with Gasteiger partial charge in [-0.3, -0.25) is 4.79 Å². The molecule has 4 nitrogen and oxygen atoms in total. The van der Waals surface area contributed by atoms with E-state index in [0.29, 0.717) is 16.7 Å². The topological polar surface area (TPSA) is 50.7 Å². The van der Waals surface area contributed by atoms with E-state index in [1.165, 1.54) is 22.9 Å². The van der Waals surface area contributed by atoms with Gasteiger partial charge in [-0.2, -0.15) is 0 Å². The zero-order valence-electron chi connectivity index (χ0n) is 14.5. The molecule has 1 aliphatic rings. The highest BCUT2D eigenvalue weighted by atomic mass is 32.2. The smallest absolute Gasteiger partial charge is 0.264 e. The number of hydrogen-bond acceptors (Lipinski definition) is 4. The number of carbonyl (C=O) groups excluding carboxylic acids is 1. The SMILES string of the molecule is CCOc1ccc(/C=C2\SC(=Nc3ccc(C)c(C)c3)NC2=O)cc1. The number of thioether (sulfide) groups is 1. The molecule has 1 fully saturated rings. The van der Waals surface area contributed by atoms with Gasteiger partial charge >= 0.3 is 0 Å². The van der Waals surface area contributed by atoms with Crippen LogP contribution >= 0.6 is 11.8 Å². The molecule has 1 amide bonds. The molecule has 25 heavy (non-hydrogen) atoms. The summed E-state index contributed by atoms with van der Waals surface area (Å²) < 4.78 is 5.43. The Labute approximate surface area is 152 Å². The molecule has 3 rings (SSSR count). The molecule has 2 aromatic carbocycles. The van der Waals surface area contributed by atoms with Crippen LogP contribution in [-0.2, 0) is 4.79 Å². The van der Waals surface area contributed by atoms with Crippen LogP contribution in [0.25, 0.3) is 6.08 Å². The van der Waals surface area contributed by atoms with E-state index in [2.05, 4.69) is 24.2 Å². The molecule has 1 N–H and O–H groups in total. The van der Waals surface area contributed by atoms with Crippen molar-refractivity contribution in [3.05, 3.63) is 64.1 Å².